The molecule has 1 heterocycles. The Balaban J connectivity index is 1.79. The molecule has 3 rings (SSSR count). The number of methoxy groups -OCH3 is 1. The number of hydrogen-bond acceptors (Lipinski definition) is 6. The van der Waals surface area contributed by atoms with E-state index in [1.165, 1.54) is 7.11 Å². The van der Waals surface area contributed by atoms with Crippen molar-refractivity contribution >= 4 is 45.0 Å². The van der Waals surface area contributed by atoms with E-state index in [9.17, 15) is 9.59 Å². The fourth-order valence-corrected chi connectivity index (χ4v) is 2.98. The van der Waals surface area contributed by atoms with Crippen molar-refractivity contribution in [1.82, 2.24) is 9.59 Å². The Labute approximate surface area is 156 Å². The van der Waals surface area contributed by atoms with Crippen molar-refractivity contribution in [2.75, 3.05) is 12.4 Å². The number of nitrogens with zero attached hydrogens (tertiary/aromatic N) is 2. The number of esters is 1. The number of nitrogens with one attached hydrogen (secondary N) is 1. The molecule has 8 heteroatoms. The smallest absolute Gasteiger partial charge is 0.337 e. The highest BCUT2D eigenvalue weighted by atomic mass is 79.9. The first-order chi connectivity index (χ1) is 12.1. The highest BCUT2D eigenvalue weighted by Crippen LogP contribution is 2.26. The van der Waals surface area contributed by atoms with Crippen LogP contribution in [0.5, 0.6) is 0 Å². The van der Waals surface area contributed by atoms with Crippen molar-refractivity contribution < 1.29 is 14.3 Å². The van der Waals surface area contributed by atoms with E-state index in [-0.39, 0.29) is 5.91 Å². The summed E-state index contributed by atoms with van der Waals surface area (Å²) in [6.07, 6.45) is 0. The zero-order chi connectivity index (χ0) is 17.8. The number of hydrogen-bond donors (Lipinski definition) is 1. The number of benzene rings is 2. The summed E-state index contributed by atoms with van der Waals surface area (Å²) in [5, 5.41) is 6.84. The van der Waals surface area contributed by atoms with Gasteiger partial charge in [0.25, 0.3) is 5.91 Å². The zero-order valence-electron chi connectivity index (χ0n) is 13.0. The van der Waals surface area contributed by atoms with Crippen LogP contribution in [0.4, 0.5) is 5.69 Å². The first kappa shape index (κ1) is 17.2. The molecule has 0 fully saturated rings. The number of aromatic nitrogens is 2. The summed E-state index contributed by atoms with van der Waals surface area (Å²) in [4.78, 5) is 24.4. The maximum atomic E-state index is 12.5. The molecule has 2 aromatic carbocycles. The van der Waals surface area contributed by atoms with Gasteiger partial charge in [-0.3, -0.25) is 4.79 Å². The molecule has 126 valence electrons. The Kier molecular flexibility index (Phi) is 5.20. The minimum Gasteiger partial charge on any atom is -0.465 e. The van der Waals surface area contributed by atoms with Crippen LogP contribution < -0.4 is 5.32 Å². The monoisotopic (exact) mass is 417 g/mol. The lowest BCUT2D eigenvalue weighted by Gasteiger charge is -2.06. The quantitative estimate of drug-likeness (QED) is 0.648. The van der Waals surface area contributed by atoms with Crippen molar-refractivity contribution in [2.45, 2.75) is 0 Å². The molecule has 1 N–H and O–H groups in total. The molecule has 6 nitrogen and oxygen atoms in total. The molecule has 0 aliphatic rings. The third-order valence-electron chi connectivity index (χ3n) is 3.38. The summed E-state index contributed by atoms with van der Waals surface area (Å²) < 4.78 is 9.48. The van der Waals surface area contributed by atoms with Gasteiger partial charge in [0.15, 0.2) is 0 Å². The van der Waals surface area contributed by atoms with Crippen molar-refractivity contribution in [3.8, 4) is 11.3 Å². The van der Waals surface area contributed by atoms with E-state index in [1.54, 1.807) is 24.3 Å². The third kappa shape index (κ3) is 3.92. The van der Waals surface area contributed by atoms with Crippen molar-refractivity contribution in [2.24, 2.45) is 0 Å². The number of halogens is 1. The second-order valence-corrected chi connectivity index (χ2v) is 6.65. The molecule has 0 aliphatic carbocycles. The molecule has 0 atom stereocenters. The number of carbonyl (C=O) groups excluding carboxylic acids is 2. The van der Waals surface area contributed by atoms with Gasteiger partial charge in [0.05, 0.1) is 12.7 Å². The Morgan fingerprint density at radius 3 is 2.40 bits per heavy atom. The molecule has 0 bridgehead atoms. The van der Waals surface area contributed by atoms with E-state index in [4.69, 9.17) is 0 Å². The van der Waals surface area contributed by atoms with Gasteiger partial charge >= 0.3 is 5.97 Å². The summed E-state index contributed by atoms with van der Waals surface area (Å²) in [5.41, 5.74) is 2.31. The van der Waals surface area contributed by atoms with Gasteiger partial charge in [0.2, 0.25) is 0 Å². The van der Waals surface area contributed by atoms with Crippen LogP contribution in [0.3, 0.4) is 0 Å². The van der Waals surface area contributed by atoms with Crippen LogP contribution in [0.15, 0.2) is 53.0 Å². The highest BCUT2D eigenvalue weighted by Gasteiger charge is 2.18. The van der Waals surface area contributed by atoms with Gasteiger partial charge in [0, 0.05) is 15.7 Å². The van der Waals surface area contributed by atoms with Gasteiger partial charge in [0.1, 0.15) is 10.6 Å². The Morgan fingerprint density at radius 2 is 1.76 bits per heavy atom. The lowest BCUT2D eigenvalue weighted by molar-refractivity contribution is 0.0600. The molecular formula is C17H12BrN3O3S. The highest BCUT2D eigenvalue weighted by molar-refractivity contribution is 9.10. The van der Waals surface area contributed by atoms with Crippen molar-refractivity contribution in [1.29, 1.82) is 0 Å². The topological polar surface area (TPSA) is 81.2 Å². The number of carbonyl (C=O) groups is 2. The van der Waals surface area contributed by atoms with Crippen LogP contribution in [0, 0.1) is 0 Å². The fraction of sp³-hybridized carbons (Fsp3) is 0.0588. The summed E-state index contributed by atoms with van der Waals surface area (Å²) in [6.45, 7) is 0. The average Bonchev–Trinajstić information content (AvgIpc) is 3.12. The van der Waals surface area contributed by atoms with E-state index in [0.29, 0.717) is 21.8 Å². The van der Waals surface area contributed by atoms with Crippen LogP contribution in [0.25, 0.3) is 11.3 Å². The van der Waals surface area contributed by atoms with Crippen molar-refractivity contribution in [3.05, 3.63) is 63.4 Å². The maximum absolute atomic E-state index is 12.5. The Morgan fingerprint density at radius 1 is 1.08 bits per heavy atom. The SMILES string of the molecule is COC(=O)c1ccc(NC(=O)c2snnc2-c2ccc(Br)cc2)cc1. The Hall–Kier alpha value is -2.58. The fourth-order valence-electron chi connectivity index (χ4n) is 2.13. The largest absolute Gasteiger partial charge is 0.465 e. The molecular weight excluding hydrogens is 406 g/mol. The van der Waals surface area contributed by atoms with Gasteiger partial charge in [-0.1, -0.05) is 32.6 Å². The van der Waals surface area contributed by atoms with Crippen LogP contribution in [-0.4, -0.2) is 28.6 Å². The zero-order valence-corrected chi connectivity index (χ0v) is 15.4. The van der Waals surface area contributed by atoms with E-state index in [2.05, 4.69) is 35.6 Å². The van der Waals surface area contributed by atoms with Gasteiger partial charge in [-0.05, 0) is 47.9 Å². The molecule has 1 aromatic heterocycles. The summed E-state index contributed by atoms with van der Waals surface area (Å²) in [7, 11) is 1.32. The van der Waals surface area contributed by atoms with Crippen LogP contribution in [0.2, 0.25) is 0 Å². The van der Waals surface area contributed by atoms with Crippen LogP contribution in [0.1, 0.15) is 20.0 Å². The normalized spacial score (nSPS) is 10.3. The minimum atomic E-state index is -0.429. The second-order valence-electron chi connectivity index (χ2n) is 4.98. The van der Waals surface area contributed by atoms with Gasteiger partial charge < -0.3 is 10.1 Å². The Bertz CT molecular complexity index is 908. The molecule has 3 aromatic rings. The van der Waals surface area contributed by atoms with E-state index in [0.717, 1.165) is 21.6 Å². The third-order valence-corrected chi connectivity index (χ3v) is 4.63. The minimum absolute atomic E-state index is 0.307. The molecule has 0 aliphatic heterocycles. The number of rotatable bonds is 4. The van der Waals surface area contributed by atoms with E-state index < -0.39 is 5.97 Å². The molecule has 25 heavy (non-hydrogen) atoms. The van der Waals surface area contributed by atoms with Crippen LogP contribution in [-0.2, 0) is 4.74 Å². The summed E-state index contributed by atoms with van der Waals surface area (Å²) in [6, 6.07) is 13.9. The standard InChI is InChI=1S/C17H12BrN3O3S/c1-24-17(23)11-4-8-13(9-5-11)19-16(22)15-14(20-21-25-15)10-2-6-12(18)7-3-10/h2-9H,1H3,(H,19,22). The summed E-state index contributed by atoms with van der Waals surface area (Å²) in [5.74, 6) is -0.735. The van der Waals surface area contributed by atoms with Gasteiger partial charge in [-0.2, -0.15) is 0 Å². The number of ether oxygens (including phenoxy) is 1. The first-order valence-corrected chi connectivity index (χ1v) is 8.73. The predicted octanol–water partition coefficient (Wildman–Crippen LogP) is 4.01. The average molecular weight is 418 g/mol. The second kappa shape index (κ2) is 7.54. The lowest BCUT2D eigenvalue weighted by atomic mass is 10.1. The van der Waals surface area contributed by atoms with E-state index >= 15 is 0 Å². The van der Waals surface area contributed by atoms with Gasteiger partial charge in [-0.25, -0.2) is 4.79 Å². The maximum Gasteiger partial charge on any atom is 0.337 e. The first-order valence-electron chi connectivity index (χ1n) is 7.16. The number of amides is 1. The van der Waals surface area contributed by atoms with E-state index in [1.807, 2.05) is 24.3 Å². The van der Waals surface area contributed by atoms with Crippen LogP contribution >= 0.6 is 27.5 Å². The van der Waals surface area contributed by atoms with Crippen molar-refractivity contribution in [3.63, 3.8) is 0 Å². The number of anilines is 1. The van der Waals surface area contributed by atoms with Gasteiger partial charge in [-0.15, -0.1) is 5.10 Å². The molecule has 0 saturated heterocycles. The molecule has 0 saturated carbocycles. The predicted molar refractivity (Wildman–Crippen MR) is 98.8 cm³/mol. The summed E-state index contributed by atoms with van der Waals surface area (Å²) >= 11 is 4.40. The lowest BCUT2D eigenvalue weighted by Crippen LogP contribution is -2.11. The molecule has 1 amide bonds. The molecule has 0 unspecified atom stereocenters. The molecule has 0 spiro atoms. The molecule has 0 radical (unpaired) electrons.